The molecule has 0 aliphatic rings. The molecule has 0 N–H and O–H groups in total. The molecule has 0 aliphatic carbocycles. The number of pyridine rings is 7. The Balaban J connectivity index is 0.000000564. The van der Waals surface area contributed by atoms with Crippen molar-refractivity contribution in [1.29, 1.82) is 0 Å². The van der Waals surface area contributed by atoms with Gasteiger partial charge in [-0.3, -0.25) is 29.9 Å². The summed E-state index contributed by atoms with van der Waals surface area (Å²) in [4.78, 5) is 71.5. The fourth-order valence-electron chi connectivity index (χ4n) is 7.66. The van der Waals surface area contributed by atoms with E-state index in [1.165, 1.54) is 68.8 Å². The fourth-order valence-corrected chi connectivity index (χ4v) is 7.66. The number of rotatable bonds is 0. The van der Waals surface area contributed by atoms with Crippen LogP contribution in [0.3, 0.4) is 0 Å². The molecule has 20 heteroatoms. The van der Waals surface area contributed by atoms with E-state index in [9.17, 15) is 5.21 Å². The zero-order chi connectivity index (χ0) is 77.8. The summed E-state index contributed by atoms with van der Waals surface area (Å²) in [7, 11) is 0. The van der Waals surface area contributed by atoms with Crippen LogP contribution in [0.5, 0.6) is 0 Å². The maximum absolute atomic E-state index is 10.3. The van der Waals surface area contributed by atoms with Crippen molar-refractivity contribution in [1.82, 2.24) is 89.7 Å². The monoisotopic (exact) mass is 1400 g/mol. The van der Waals surface area contributed by atoms with Crippen LogP contribution in [0.2, 0.25) is 0 Å². The molecule has 0 bridgehead atoms. The van der Waals surface area contributed by atoms with Crippen molar-refractivity contribution in [2.24, 2.45) is 0 Å². The van der Waals surface area contributed by atoms with E-state index in [1.54, 1.807) is 67.9 Å². The molecule has 13 aromatic rings. The van der Waals surface area contributed by atoms with E-state index < -0.39 is 0 Å². The zero-order valence-electron chi connectivity index (χ0n) is 66.0. The van der Waals surface area contributed by atoms with Gasteiger partial charge in [0.25, 0.3) is 0 Å². The van der Waals surface area contributed by atoms with Gasteiger partial charge in [-0.25, -0.2) is 59.8 Å². The predicted octanol–water partition coefficient (Wildman–Crippen LogP) is 17.4. The molecular weight excluding hydrogens is 1290 g/mol. The van der Waals surface area contributed by atoms with E-state index in [0.717, 1.165) is 96.1 Å². The van der Waals surface area contributed by atoms with E-state index in [1.807, 2.05) is 210 Å². The zero-order valence-corrected chi connectivity index (χ0v) is 66.0. The van der Waals surface area contributed by atoms with Crippen molar-refractivity contribution in [3.63, 3.8) is 0 Å². The van der Waals surface area contributed by atoms with E-state index in [0.29, 0.717) is 0 Å². The minimum atomic E-state index is 0.771. The summed E-state index contributed by atoms with van der Waals surface area (Å²) < 4.78 is 0.771. The number of hydrogen-bond acceptors (Lipinski definition) is 19. The van der Waals surface area contributed by atoms with Crippen molar-refractivity contribution in [3.8, 4) is 0 Å². The average molecular weight is 1400 g/mol. The Kier molecular flexibility index (Phi) is 46.2. The van der Waals surface area contributed by atoms with Gasteiger partial charge in [0.05, 0.1) is 0 Å². The lowest BCUT2D eigenvalue weighted by atomic mass is 10.2. The van der Waals surface area contributed by atoms with E-state index in [2.05, 4.69) is 175 Å². The molecule has 0 aromatic carbocycles. The molecule has 0 fully saturated rings. The molecule has 0 saturated carbocycles. The van der Waals surface area contributed by atoms with Crippen LogP contribution in [0.4, 0.5) is 0 Å². The van der Waals surface area contributed by atoms with E-state index >= 15 is 0 Å². The Morgan fingerprint density at radius 2 is 0.673 bits per heavy atom. The molecule has 0 radical (unpaired) electrons. The van der Waals surface area contributed by atoms with Crippen LogP contribution in [0.1, 0.15) is 141 Å². The quantitative estimate of drug-likeness (QED) is 0.101. The molecule has 0 spiro atoms. The number of hydrogen-bond donors (Lipinski definition) is 0. The average Bonchev–Trinajstić information content (AvgIpc) is 0.936. The van der Waals surface area contributed by atoms with Gasteiger partial charge in [-0.2, -0.15) is 4.73 Å². The second-order valence-electron chi connectivity index (χ2n) is 24.2. The summed E-state index contributed by atoms with van der Waals surface area (Å²) in [5.74, 6) is 3.33. The van der Waals surface area contributed by atoms with Gasteiger partial charge in [0.15, 0.2) is 12.4 Å². The Labute approximate surface area is 619 Å². The first-order valence-electron chi connectivity index (χ1n) is 33.8. The minimum Gasteiger partial charge on any atom is -0.619 e. The summed E-state index contributed by atoms with van der Waals surface area (Å²) in [5, 5.41) is 10.3. The highest BCUT2D eigenvalue weighted by Crippen LogP contribution is 2.07. The molecule has 0 saturated heterocycles. The van der Waals surface area contributed by atoms with Crippen LogP contribution in [0.15, 0.2) is 209 Å². The second kappa shape index (κ2) is 53.2. The van der Waals surface area contributed by atoms with Crippen molar-refractivity contribution in [2.75, 3.05) is 0 Å². The van der Waals surface area contributed by atoms with E-state index in [-0.39, 0.29) is 0 Å². The topological polar surface area (TPSA) is 259 Å². The standard InChI is InChI=1S/3C8H11N.2C7H9N.4C6H8N2.C6H7NO.C6H7N.2C5H6N2/c1-6-4-8(3)9-5-7(6)2;1-6-4-7(2)8(3)9-5-6;1-6-4-7(2)9-8(3)5-6;1-6-3-4-8-5-7(6)2;1-6-3-4-8-7(2)5-6;1-5-3-6(2)8-4-7-5;1-5-3-7-6(2)8-4-5;2*1-5-3-4-7-6(2)8-5;1-6-2-4-7(8)5-3-6;1-6-2-4-7-5-3-6;1-5-2-3-6-4-7-5;1-5-6-3-2-4-7-5/h3*4-5H,1-3H3;2*3-5H,1-2H3;4*3-4H,1-2H3;2-5H,1H3;2-5H,1H3;2*2-4H,1H3. The first kappa shape index (κ1) is 90.3. The van der Waals surface area contributed by atoms with Crippen molar-refractivity contribution < 1.29 is 4.73 Å². The van der Waals surface area contributed by atoms with Crippen LogP contribution >= 0.6 is 0 Å². The largest absolute Gasteiger partial charge is 0.619 e. The highest BCUT2D eigenvalue weighted by Gasteiger charge is 1.94. The summed E-state index contributed by atoms with van der Waals surface area (Å²) in [6.07, 6.45) is 31.3. The molecule has 0 amide bonds. The Hall–Kier alpha value is -11.7. The maximum Gasteiger partial charge on any atom is 0.180 e. The van der Waals surface area contributed by atoms with Crippen LogP contribution in [-0.2, 0) is 0 Å². The summed E-state index contributed by atoms with van der Waals surface area (Å²) >= 11 is 0. The van der Waals surface area contributed by atoms with Crippen LogP contribution < -0.4 is 4.73 Å². The summed E-state index contributed by atoms with van der Waals surface area (Å²) in [6.45, 7) is 49.8. The first-order valence-corrected chi connectivity index (χ1v) is 33.8. The van der Waals surface area contributed by atoms with Crippen molar-refractivity contribution in [2.45, 2.75) is 173 Å². The molecule has 546 valence electrons. The van der Waals surface area contributed by atoms with Crippen LogP contribution in [0, 0.1) is 178 Å². The molecule has 104 heavy (non-hydrogen) atoms. The number of aromatic nitrogens is 19. The fraction of sp³-hybridized carbons (Fsp3) is 0.298. The van der Waals surface area contributed by atoms with Gasteiger partial charge in [0.1, 0.15) is 36.0 Å². The third-order valence-electron chi connectivity index (χ3n) is 13.5. The SMILES string of the molecule is Cc1cc(C)c(C)cn1.Cc1cc(C)nc(C)c1.Cc1cc(C)ncn1.Cc1cc[n+]([O-])cc1.Cc1ccnc(C)c1.Cc1ccnc(C)n1.Cc1ccnc(C)n1.Cc1ccncc1.Cc1ccncc1C.Cc1ccncn1.Cc1cnc(C)c(C)c1.Cc1cnc(C)nc1.Cc1ncccn1. The predicted molar refractivity (Wildman–Crippen MR) is 421 cm³/mol. The third kappa shape index (κ3) is 49.0. The molecule has 20 nitrogen and oxygen atoms in total. The molecule has 13 rings (SSSR count). The highest BCUT2D eigenvalue weighted by atomic mass is 16.5. The normalized spacial score (nSPS) is 9.24. The lowest BCUT2D eigenvalue weighted by molar-refractivity contribution is -0.605. The van der Waals surface area contributed by atoms with Crippen molar-refractivity contribution >= 4 is 0 Å². The van der Waals surface area contributed by atoms with E-state index in [4.69, 9.17) is 0 Å². The smallest absolute Gasteiger partial charge is 0.180 e. The molecule has 0 aliphatic heterocycles. The first-order chi connectivity index (χ1) is 49.3. The lowest BCUT2D eigenvalue weighted by Crippen LogP contribution is -2.23. The summed E-state index contributed by atoms with van der Waals surface area (Å²) in [6, 6.07) is 31.3. The second-order valence-corrected chi connectivity index (χ2v) is 24.2. The molecular formula is C84H109N19O. The Bertz CT molecular complexity index is 3860. The molecule has 0 unspecified atom stereocenters. The van der Waals surface area contributed by atoms with Crippen LogP contribution in [-0.4, -0.2) is 89.7 Å². The molecule has 0 atom stereocenters. The lowest BCUT2D eigenvalue weighted by Gasteiger charge is -1.97. The van der Waals surface area contributed by atoms with Gasteiger partial charge in [-0.05, 0) is 313 Å². The summed E-state index contributed by atoms with van der Waals surface area (Å²) in [5.41, 5.74) is 24.3. The van der Waals surface area contributed by atoms with Crippen molar-refractivity contribution in [3.05, 3.63) is 356 Å². The Morgan fingerprint density at radius 3 is 1.00 bits per heavy atom. The highest BCUT2D eigenvalue weighted by molar-refractivity contribution is 5.24. The van der Waals surface area contributed by atoms with Gasteiger partial charge in [-0.1, -0.05) is 6.07 Å². The molecule has 13 heterocycles. The third-order valence-corrected chi connectivity index (χ3v) is 13.5. The minimum absolute atomic E-state index is 0.771. The maximum atomic E-state index is 10.3. The number of aryl methyl sites for hydroxylation is 25. The Morgan fingerprint density at radius 1 is 0.231 bits per heavy atom. The van der Waals surface area contributed by atoms with Gasteiger partial charge < -0.3 is 5.21 Å². The van der Waals surface area contributed by atoms with Crippen LogP contribution in [0.25, 0.3) is 0 Å². The van der Waals surface area contributed by atoms with Gasteiger partial charge in [0, 0.05) is 156 Å². The van der Waals surface area contributed by atoms with Gasteiger partial charge in [0.2, 0.25) is 0 Å². The van der Waals surface area contributed by atoms with Gasteiger partial charge in [-0.15, -0.1) is 0 Å². The van der Waals surface area contributed by atoms with Gasteiger partial charge >= 0.3 is 0 Å². The molecule has 13 aromatic heterocycles. The number of nitrogens with zero attached hydrogens (tertiary/aromatic N) is 19.